The van der Waals surface area contributed by atoms with Crippen molar-refractivity contribution in [3.63, 3.8) is 0 Å². The number of rotatable bonds is 3. The van der Waals surface area contributed by atoms with Gasteiger partial charge in [0, 0.05) is 25.4 Å². The summed E-state index contributed by atoms with van der Waals surface area (Å²) >= 11 is 6.01. The predicted octanol–water partition coefficient (Wildman–Crippen LogP) is 3.86. The minimum Gasteiger partial charge on any atom is -0.309 e. The van der Waals surface area contributed by atoms with E-state index in [1.54, 1.807) is 0 Å². The minimum atomic E-state index is 0.520. The van der Waals surface area contributed by atoms with Crippen molar-refractivity contribution in [1.82, 2.24) is 19.3 Å². The molecule has 0 radical (unpaired) electrons. The first-order valence-corrected chi connectivity index (χ1v) is 8.54. The Kier molecular flexibility index (Phi) is 4.00. The van der Waals surface area contributed by atoms with Crippen molar-refractivity contribution in [1.29, 1.82) is 0 Å². The van der Waals surface area contributed by atoms with E-state index in [1.807, 2.05) is 18.7 Å². The zero-order valence-corrected chi connectivity index (χ0v) is 14.2. The Morgan fingerprint density at radius 2 is 2.05 bits per heavy atom. The van der Waals surface area contributed by atoms with Crippen molar-refractivity contribution in [2.75, 3.05) is 5.88 Å². The Balaban J connectivity index is 2.16. The maximum absolute atomic E-state index is 6.01. The molecule has 1 saturated carbocycles. The number of alkyl halides is 1. The SMILES string of the molecule is Cc1nn(C)c2c1nc(CCCl)n2C1CCCC(C)C1C. The van der Waals surface area contributed by atoms with Crippen LogP contribution in [-0.4, -0.2) is 25.2 Å². The summed E-state index contributed by atoms with van der Waals surface area (Å²) in [5.41, 5.74) is 3.22. The van der Waals surface area contributed by atoms with Gasteiger partial charge in [0.1, 0.15) is 11.3 Å². The van der Waals surface area contributed by atoms with Crippen molar-refractivity contribution in [3.05, 3.63) is 11.5 Å². The van der Waals surface area contributed by atoms with Gasteiger partial charge in [-0.1, -0.05) is 26.7 Å². The smallest absolute Gasteiger partial charge is 0.158 e. The number of hydrogen-bond acceptors (Lipinski definition) is 2. The standard InChI is InChI=1S/C16H25ClN4/c1-10-6-5-7-13(11(10)2)21-14(8-9-17)18-15-12(3)19-20(4)16(15)21/h10-11,13H,5-9H2,1-4H3. The summed E-state index contributed by atoms with van der Waals surface area (Å²) in [7, 11) is 2.02. The lowest BCUT2D eigenvalue weighted by atomic mass is 9.78. The van der Waals surface area contributed by atoms with Gasteiger partial charge in [-0.3, -0.25) is 4.68 Å². The van der Waals surface area contributed by atoms with E-state index < -0.39 is 0 Å². The largest absolute Gasteiger partial charge is 0.309 e. The van der Waals surface area contributed by atoms with Crippen molar-refractivity contribution in [3.8, 4) is 0 Å². The van der Waals surface area contributed by atoms with E-state index >= 15 is 0 Å². The summed E-state index contributed by atoms with van der Waals surface area (Å²) in [6.45, 7) is 6.80. The zero-order valence-electron chi connectivity index (χ0n) is 13.4. The van der Waals surface area contributed by atoms with Gasteiger partial charge in [0.25, 0.3) is 0 Å². The molecule has 0 amide bonds. The van der Waals surface area contributed by atoms with Crippen molar-refractivity contribution in [2.24, 2.45) is 18.9 Å². The third-order valence-electron chi connectivity index (χ3n) is 5.22. The quantitative estimate of drug-likeness (QED) is 0.807. The Morgan fingerprint density at radius 1 is 1.29 bits per heavy atom. The summed E-state index contributed by atoms with van der Waals surface area (Å²) in [4.78, 5) is 4.85. The number of hydrogen-bond donors (Lipinski definition) is 0. The van der Waals surface area contributed by atoms with Gasteiger partial charge in [0.15, 0.2) is 5.65 Å². The minimum absolute atomic E-state index is 0.520. The molecule has 4 nitrogen and oxygen atoms in total. The van der Waals surface area contributed by atoms with Crippen LogP contribution in [0.5, 0.6) is 0 Å². The fourth-order valence-corrected chi connectivity index (χ4v) is 4.04. The summed E-state index contributed by atoms with van der Waals surface area (Å²) in [6, 6.07) is 0.520. The third kappa shape index (κ3) is 2.37. The molecule has 2 aromatic rings. The Bertz CT molecular complexity index is 642. The average Bonchev–Trinajstić information content (AvgIpc) is 2.93. The summed E-state index contributed by atoms with van der Waals surface area (Å²) in [5, 5.41) is 4.55. The molecule has 3 unspecified atom stereocenters. The molecule has 3 atom stereocenters. The number of aromatic nitrogens is 4. The maximum atomic E-state index is 6.01. The van der Waals surface area contributed by atoms with E-state index in [4.69, 9.17) is 16.6 Å². The molecule has 0 saturated heterocycles. The molecular formula is C16H25ClN4. The van der Waals surface area contributed by atoms with Crippen LogP contribution in [0.1, 0.15) is 50.7 Å². The number of nitrogens with zero attached hydrogens (tertiary/aromatic N) is 4. The second kappa shape index (κ2) is 5.64. The van der Waals surface area contributed by atoms with Crippen LogP contribution in [0, 0.1) is 18.8 Å². The molecule has 1 aliphatic carbocycles. The number of fused-ring (bicyclic) bond motifs is 1. The summed E-state index contributed by atoms with van der Waals surface area (Å²) < 4.78 is 4.43. The third-order valence-corrected chi connectivity index (χ3v) is 5.41. The molecule has 0 spiro atoms. The first kappa shape index (κ1) is 14.9. The van der Waals surface area contributed by atoms with E-state index in [9.17, 15) is 0 Å². The van der Waals surface area contributed by atoms with Crippen LogP contribution in [0.25, 0.3) is 11.2 Å². The zero-order chi connectivity index (χ0) is 15.1. The van der Waals surface area contributed by atoms with E-state index in [0.29, 0.717) is 17.8 Å². The lowest BCUT2D eigenvalue weighted by Crippen LogP contribution is -2.28. The van der Waals surface area contributed by atoms with Gasteiger partial charge in [-0.05, 0) is 25.2 Å². The molecule has 116 valence electrons. The lowest BCUT2D eigenvalue weighted by molar-refractivity contribution is 0.185. The summed E-state index contributed by atoms with van der Waals surface area (Å²) in [6.07, 6.45) is 4.70. The van der Waals surface area contributed by atoms with Crippen LogP contribution in [0.15, 0.2) is 0 Å². The van der Waals surface area contributed by atoms with E-state index in [1.165, 1.54) is 24.9 Å². The first-order chi connectivity index (χ1) is 10.0. The molecule has 0 bridgehead atoms. The fourth-order valence-electron chi connectivity index (χ4n) is 3.87. The highest BCUT2D eigenvalue weighted by Crippen LogP contribution is 2.40. The molecule has 2 heterocycles. The normalized spacial score (nSPS) is 26.6. The molecule has 0 aromatic carbocycles. The van der Waals surface area contributed by atoms with Crippen LogP contribution >= 0.6 is 11.6 Å². The molecule has 3 rings (SSSR count). The molecule has 1 aliphatic rings. The molecule has 5 heteroatoms. The Morgan fingerprint density at radius 3 is 2.76 bits per heavy atom. The van der Waals surface area contributed by atoms with E-state index in [-0.39, 0.29) is 0 Å². The molecule has 1 fully saturated rings. The van der Waals surface area contributed by atoms with Gasteiger partial charge < -0.3 is 4.57 Å². The van der Waals surface area contributed by atoms with Crippen LogP contribution in [0.2, 0.25) is 0 Å². The summed E-state index contributed by atoms with van der Waals surface area (Å²) in [5.74, 6) is 3.17. The highest BCUT2D eigenvalue weighted by Gasteiger charge is 2.32. The predicted molar refractivity (Wildman–Crippen MR) is 86.9 cm³/mol. The molecule has 0 N–H and O–H groups in total. The molecule has 0 aliphatic heterocycles. The molecule has 21 heavy (non-hydrogen) atoms. The highest BCUT2D eigenvalue weighted by atomic mass is 35.5. The average molecular weight is 309 g/mol. The highest BCUT2D eigenvalue weighted by molar-refractivity contribution is 6.17. The van der Waals surface area contributed by atoms with Crippen molar-refractivity contribution < 1.29 is 0 Å². The van der Waals surface area contributed by atoms with E-state index in [0.717, 1.165) is 29.4 Å². The maximum Gasteiger partial charge on any atom is 0.158 e. The van der Waals surface area contributed by atoms with Crippen molar-refractivity contribution >= 4 is 22.8 Å². The van der Waals surface area contributed by atoms with Gasteiger partial charge in [-0.15, -0.1) is 11.6 Å². The van der Waals surface area contributed by atoms with Gasteiger partial charge in [-0.2, -0.15) is 5.10 Å². The van der Waals surface area contributed by atoms with Gasteiger partial charge in [0.05, 0.1) is 5.69 Å². The molecular weight excluding hydrogens is 284 g/mol. The van der Waals surface area contributed by atoms with Crippen molar-refractivity contribution in [2.45, 2.75) is 52.5 Å². The van der Waals surface area contributed by atoms with Gasteiger partial charge in [0.2, 0.25) is 0 Å². The topological polar surface area (TPSA) is 35.6 Å². The number of halogens is 1. The van der Waals surface area contributed by atoms with E-state index in [2.05, 4.69) is 23.5 Å². The van der Waals surface area contributed by atoms with Crippen LogP contribution < -0.4 is 0 Å². The van der Waals surface area contributed by atoms with Crippen LogP contribution in [-0.2, 0) is 13.5 Å². The Labute approximate surface area is 131 Å². The second-order valence-corrected chi connectivity index (χ2v) is 6.93. The molecule has 2 aromatic heterocycles. The lowest BCUT2D eigenvalue weighted by Gasteiger charge is -2.36. The Hall–Kier alpha value is -1.03. The van der Waals surface area contributed by atoms with Crippen LogP contribution in [0.3, 0.4) is 0 Å². The number of imidazole rings is 1. The van der Waals surface area contributed by atoms with Gasteiger partial charge >= 0.3 is 0 Å². The first-order valence-electron chi connectivity index (χ1n) is 8.01. The monoisotopic (exact) mass is 308 g/mol. The number of aryl methyl sites for hydroxylation is 3. The fraction of sp³-hybridized carbons (Fsp3) is 0.750. The second-order valence-electron chi connectivity index (χ2n) is 6.55. The van der Waals surface area contributed by atoms with Crippen LogP contribution in [0.4, 0.5) is 0 Å². The van der Waals surface area contributed by atoms with Gasteiger partial charge in [-0.25, -0.2) is 4.98 Å².